The lowest BCUT2D eigenvalue weighted by Crippen LogP contribution is -2.51. The Morgan fingerprint density at radius 2 is 1.81 bits per heavy atom. The number of anilines is 1. The van der Waals surface area contributed by atoms with Crippen LogP contribution in [0.2, 0.25) is 10.0 Å². The van der Waals surface area contributed by atoms with Crippen molar-refractivity contribution >= 4 is 46.6 Å². The number of halogens is 6. The molecule has 0 radical (unpaired) electrons. The van der Waals surface area contributed by atoms with Crippen LogP contribution >= 0.6 is 23.2 Å². The number of benzene rings is 2. The van der Waals surface area contributed by atoms with Gasteiger partial charge in [0.15, 0.2) is 12.7 Å². The zero-order valence-corrected chi connectivity index (χ0v) is 20.6. The number of hydrogen-bond acceptors (Lipinski definition) is 5. The molecule has 0 fully saturated rings. The molecule has 0 aromatic heterocycles. The predicted octanol–water partition coefficient (Wildman–Crippen LogP) is 3.88. The van der Waals surface area contributed by atoms with Gasteiger partial charge < -0.3 is 25.0 Å². The Balaban J connectivity index is 1.45. The number of amides is 3. The van der Waals surface area contributed by atoms with Gasteiger partial charge in [0, 0.05) is 24.2 Å². The van der Waals surface area contributed by atoms with E-state index in [1.54, 1.807) is 0 Å². The van der Waals surface area contributed by atoms with Crippen molar-refractivity contribution in [1.29, 1.82) is 0 Å². The Morgan fingerprint density at radius 3 is 2.51 bits per heavy atom. The predicted molar refractivity (Wildman–Crippen MR) is 126 cm³/mol. The van der Waals surface area contributed by atoms with Crippen molar-refractivity contribution in [2.24, 2.45) is 0 Å². The molecular weight excluding hydrogens is 545 g/mol. The molecule has 8 nitrogen and oxygen atoms in total. The van der Waals surface area contributed by atoms with E-state index in [1.807, 2.05) is 0 Å². The van der Waals surface area contributed by atoms with Crippen LogP contribution in [0.25, 0.3) is 0 Å². The maximum absolute atomic E-state index is 13.4. The minimum Gasteiger partial charge on any atom is -0.484 e. The minimum atomic E-state index is -4.73. The fourth-order valence-electron chi connectivity index (χ4n) is 3.30. The summed E-state index contributed by atoms with van der Waals surface area (Å²) in [6, 6.07) is 7.82. The molecule has 1 aliphatic rings. The first-order valence-electron chi connectivity index (χ1n) is 10.9. The van der Waals surface area contributed by atoms with Gasteiger partial charge >= 0.3 is 6.18 Å². The van der Waals surface area contributed by atoms with E-state index in [0.717, 1.165) is 11.0 Å². The largest absolute Gasteiger partial charge is 0.484 e. The van der Waals surface area contributed by atoms with Crippen LogP contribution in [0.3, 0.4) is 0 Å². The Labute approximate surface area is 218 Å². The van der Waals surface area contributed by atoms with E-state index in [9.17, 15) is 31.9 Å². The van der Waals surface area contributed by atoms with Gasteiger partial charge in [0.1, 0.15) is 23.7 Å². The highest BCUT2D eigenvalue weighted by Crippen LogP contribution is 2.37. The molecule has 1 heterocycles. The normalized spacial score (nSPS) is 14.9. The van der Waals surface area contributed by atoms with Crippen LogP contribution in [0.4, 0.5) is 23.2 Å². The summed E-state index contributed by atoms with van der Waals surface area (Å²) in [6.45, 7) is -0.533. The van der Waals surface area contributed by atoms with Gasteiger partial charge in [-0.15, -0.1) is 0 Å². The lowest BCUT2D eigenvalue weighted by atomic mass is 10.1. The summed E-state index contributed by atoms with van der Waals surface area (Å²) in [4.78, 5) is 37.6. The Kier molecular flexibility index (Phi) is 9.44. The number of fused-ring (bicyclic) bond motifs is 1. The molecule has 2 aromatic rings. The first kappa shape index (κ1) is 28.3. The molecule has 0 saturated carbocycles. The van der Waals surface area contributed by atoms with Gasteiger partial charge in [-0.05, 0) is 36.8 Å². The molecule has 1 unspecified atom stereocenters. The molecule has 14 heteroatoms. The fraction of sp³-hybridized carbons (Fsp3) is 0.348. The molecule has 37 heavy (non-hydrogen) atoms. The number of nitrogens with zero attached hydrogens (tertiary/aromatic N) is 1. The van der Waals surface area contributed by atoms with E-state index in [-0.39, 0.29) is 46.9 Å². The highest BCUT2D eigenvalue weighted by Gasteiger charge is 2.39. The van der Waals surface area contributed by atoms with Crippen molar-refractivity contribution in [2.75, 3.05) is 31.1 Å². The van der Waals surface area contributed by atoms with Crippen molar-refractivity contribution in [3.05, 3.63) is 52.3 Å². The van der Waals surface area contributed by atoms with Gasteiger partial charge in [0.25, 0.3) is 11.8 Å². The number of carbonyl (C=O) groups is 3. The third kappa shape index (κ3) is 8.39. The number of hydrogen-bond donors (Lipinski definition) is 2. The van der Waals surface area contributed by atoms with Crippen LogP contribution in [-0.2, 0) is 14.4 Å². The fourth-order valence-corrected chi connectivity index (χ4v) is 3.59. The molecule has 3 amide bonds. The van der Waals surface area contributed by atoms with Crippen LogP contribution in [0.1, 0.15) is 12.8 Å². The third-order valence-corrected chi connectivity index (χ3v) is 5.55. The summed E-state index contributed by atoms with van der Waals surface area (Å²) in [5.74, 6) is -2.89. The van der Waals surface area contributed by atoms with Crippen LogP contribution in [0.15, 0.2) is 36.4 Å². The van der Waals surface area contributed by atoms with Crippen molar-refractivity contribution in [2.45, 2.75) is 25.1 Å². The maximum Gasteiger partial charge on any atom is 0.397 e. The molecule has 200 valence electrons. The van der Waals surface area contributed by atoms with Gasteiger partial charge in [-0.2, -0.15) is 13.2 Å². The molecule has 0 saturated heterocycles. The second-order valence-electron chi connectivity index (χ2n) is 7.87. The summed E-state index contributed by atoms with van der Waals surface area (Å²) in [7, 11) is 0. The topological polar surface area (TPSA) is 97.0 Å². The second kappa shape index (κ2) is 12.3. The smallest absolute Gasteiger partial charge is 0.397 e. The second-order valence-corrected chi connectivity index (χ2v) is 8.72. The van der Waals surface area contributed by atoms with Crippen molar-refractivity contribution in [3.63, 3.8) is 0 Å². The van der Waals surface area contributed by atoms with E-state index in [2.05, 4.69) is 10.6 Å². The number of nitrogens with one attached hydrogen (secondary N) is 2. The van der Waals surface area contributed by atoms with Crippen molar-refractivity contribution in [3.8, 4) is 11.5 Å². The number of rotatable bonds is 9. The molecule has 3 rings (SSSR count). The number of ether oxygens (including phenoxy) is 2. The summed E-state index contributed by atoms with van der Waals surface area (Å²) < 4.78 is 62.5. The first-order chi connectivity index (χ1) is 17.4. The summed E-state index contributed by atoms with van der Waals surface area (Å²) >= 11 is 11.5. The Hall–Kier alpha value is -3.25. The Morgan fingerprint density at radius 1 is 1.08 bits per heavy atom. The lowest BCUT2D eigenvalue weighted by Gasteiger charge is -2.34. The third-order valence-electron chi connectivity index (χ3n) is 5.01. The zero-order valence-electron chi connectivity index (χ0n) is 19.0. The van der Waals surface area contributed by atoms with Gasteiger partial charge in [-0.3, -0.25) is 14.4 Å². The molecule has 0 bridgehead atoms. The highest BCUT2D eigenvalue weighted by molar-refractivity contribution is 6.31. The molecule has 2 aromatic carbocycles. The SMILES string of the molecule is O=C(COc1ccc(Cl)c(F)c1)NCCCNC(=O)C1CN(C(=O)CC(F)(F)F)c2cc(Cl)ccc2O1. The number of carbonyl (C=O) groups excluding carboxylic acids is 3. The van der Waals surface area contributed by atoms with Gasteiger partial charge in [0.05, 0.1) is 17.3 Å². The molecule has 2 N–H and O–H groups in total. The number of alkyl halides is 3. The first-order valence-corrected chi connectivity index (χ1v) is 11.6. The van der Waals surface area contributed by atoms with Crippen molar-refractivity contribution in [1.82, 2.24) is 10.6 Å². The van der Waals surface area contributed by atoms with Crippen LogP contribution in [0.5, 0.6) is 11.5 Å². The summed E-state index contributed by atoms with van der Waals surface area (Å²) in [5, 5.41) is 5.22. The summed E-state index contributed by atoms with van der Waals surface area (Å²) in [6.07, 6.45) is -7.38. The van der Waals surface area contributed by atoms with E-state index in [0.29, 0.717) is 6.42 Å². The lowest BCUT2D eigenvalue weighted by molar-refractivity contribution is -0.152. The maximum atomic E-state index is 13.4. The van der Waals surface area contributed by atoms with Crippen LogP contribution < -0.4 is 25.0 Å². The minimum absolute atomic E-state index is 0.0390. The molecular formula is C23H21Cl2F4N3O5. The molecule has 1 aliphatic heterocycles. The standard InChI is InChI=1S/C23H21Cl2F4N3O5/c24-13-2-5-18-17(8-13)32(21(34)10-23(27,28)29)11-19(37-18)22(35)31-7-1-6-30-20(33)12-36-14-3-4-15(25)16(26)9-14/h2-5,8-9,19H,1,6-7,10-12H2,(H,30,33)(H,31,35). The monoisotopic (exact) mass is 565 g/mol. The highest BCUT2D eigenvalue weighted by atomic mass is 35.5. The molecule has 0 spiro atoms. The quantitative estimate of drug-likeness (QED) is 0.355. The van der Waals surface area contributed by atoms with E-state index < -0.39 is 48.8 Å². The average Bonchev–Trinajstić information content (AvgIpc) is 2.82. The average molecular weight is 566 g/mol. The van der Waals surface area contributed by atoms with Crippen LogP contribution in [-0.4, -0.2) is 56.2 Å². The van der Waals surface area contributed by atoms with E-state index in [4.69, 9.17) is 32.7 Å². The van der Waals surface area contributed by atoms with Crippen molar-refractivity contribution < 1.29 is 41.4 Å². The van der Waals surface area contributed by atoms with Crippen LogP contribution in [0, 0.1) is 5.82 Å². The summed E-state index contributed by atoms with van der Waals surface area (Å²) in [5.41, 5.74) is 0.0390. The Bertz CT molecular complexity index is 1170. The van der Waals surface area contributed by atoms with E-state index >= 15 is 0 Å². The van der Waals surface area contributed by atoms with Gasteiger partial charge in [-0.1, -0.05) is 23.2 Å². The molecule has 0 aliphatic carbocycles. The zero-order chi connectivity index (χ0) is 27.2. The molecule has 1 atom stereocenters. The van der Waals surface area contributed by atoms with Gasteiger partial charge in [-0.25, -0.2) is 4.39 Å². The van der Waals surface area contributed by atoms with E-state index in [1.165, 1.54) is 30.3 Å². The van der Waals surface area contributed by atoms with Gasteiger partial charge in [0.2, 0.25) is 5.91 Å².